The number of benzene rings is 1. The van der Waals surface area contributed by atoms with E-state index in [-0.39, 0.29) is 6.10 Å². The fourth-order valence-corrected chi connectivity index (χ4v) is 3.69. The van der Waals surface area contributed by atoms with Crippen molar-refractivity contribution in [2.45, 2.75) is 18.9 Å². The van der Waals surface area contributed by atoms with Gasteiger partial charge in [-0.1, -0.05) is 23.2 Å². The Balaban J connectivity index is 1.24. The molecule has 4 rings (SSSR count). The lowest BCUT2D eigenvalue weighted by Crippen LogP contribution is -2.40. The number of hydrogen-bond acceptors (Lipinski definition) is 6. The molecule has 0 unspecified atom stereocenters. The van der Waals surface area contributed by atoms with Crippen LogP contribution in [0.15, 0.2) is 30.9 Å². The molecule has 9 heteroatoms. The third-order valence-corrected chi connectivity index (χ3v) is 5.69. The second-order valence-corrected chi connectivity index (χ2v) is 7.73. The van der Waals surface area contributed by atoms with Gasteiger partial charge in [-0.3, -0.25) is 0 Å². The number of imidazole rings is 1. The molecule has 1 aromatic carbocycles. The van der Waals surface area contributed by atoms with E-state index in [0.717, 1.165) is 61.8 Å². The zero-order chi connectivity index (χ0) is 19.5. The number of hydrogen-bond donors (Lipinski definition) is 1. The molecule has 0 aliphatic carbocycles. The van der Waals surface area contributed by atoms with E-state index in [2.05, 4.69) is 25.2 Å². The normalized spacial score (nSPS) is 15.8. The van der Waals surface area contributed by atoms with Crippen LogP contribution in [-0.4, -0.2) is 56.7 Å². The molecule has 1 saturated heterocycles. The molecule has 0 atom stereocenters. The average molecular weight is 421 g/mol. The second-order valence-electron chi connectivity index (χ2n) is 6.91. The molecule has 1 aliphatic rings. The van der Waals surface area contributed by atoms with Gasteiger partial charge in [-0.25, -0.2) is 15.0 Å². The van der Waals surface area contributed by atoms with E-state index in [1.54, 1.807) is 24.8 Å². The summed E-state index contributed by atoms with van der Waals surface area (Å²) in [6.07, 6.45) is 5.49. The van der Waals surface area contributed by atoms with Crippen molar-refractivity contribution < 1.29 is 4.74 Å². The molecule has 1 aliphatic heterocycles. The maximum atomic E-state index is 6.06. The van der Waals surface area contributed by atoms with Crippen LogP contribution in [0.5, 0.6) is 5.75 Å². The molecular weight excluding hydrogens is 399 g/mol. The SMILES string of the molecule is Cn1cnc2c(NCCN3CCC(Oc4ccc(Cl)c(Cl)c4)CC3)ncnc21. The van der Waals surface area contributed by atoms with Crippen LogP contribution in [-0.2, 0) is 7.05 Å². The van der Waals surface area contributed by atoms with Gasteiger partial charge in [0.2, 0.25) is 0 Å². The summed E-state index contributed by atoms with van der Waals surface area (Å²) in [7, 11) is 1.93. The second kappa shape index (κ2) is 8.51. The van der Waals surface area contributed by atoms with Gasteiger partial charge in [0.05, 0.1) is 16.4 Å². The summed E-state index contributed by atoms with van der Waals surface area (Å²) in [5.74, 6) is 1.56. The molecule has 1 fully saturated rings. The Hall–Kier alpha value is -2.09. The van der Waals surface area contributed by atoms with Crippen molar-refractivity contribution in [2.75, 3.05) is 31.5 Å². The van der Waals surface area contributed by atoms with E-state index < -0.39 is 0 Å². The van der Waals surface area contributed by atoms with Crippen molar-refractivity contribution in [3.8, 4) is 5.75 Å². The molecule has 148 valence electrons. The van der Waals surface area contributed by atoms with Crippen molar-refractivity contribution in [1.29, 1.82) is 0 Å². The maximum absolute atomic E-state index is 6.06. The van der Waals surface area contributed by atoms with Gasteiger partial charge in [-0.05, 0) is 25.0 Å². The zero-order valence-corrected chi connectivity index (χ0v) is 17.1. The Morgan fingerprint density at radius 2 is 1.96 bits per heavy atom. The molecule has 0 saturated carbocycles. The molecule has 2 aromatic heterocycles. The highest BCUT2D eigenvalue weighted by atomic mass is 35.5. The quantitative estimate of drug-likeness (QED) is 0.656. The van der Waals surface area contributed by atoms with Gasteiger partial charge in [0, 0.05) is 39.3 Å². The minimum absolute atomic E-state index is 0.205. The van der Waals surface area contributed by atoms with Crippen LogP contribution in [0.2, 0.25) is 10.0 Å². The van der Waals surface area contributed by atoms with Crippen molar-refractivity contribution >= 4 is 40.2 Å². The molecule has 0 amide bonds. The number of aromatic nitrogens is 4. The lowest BCUT2D eigenvalue weighted by Gasteiger charge is -2.32. The molecular formula is C19H22Cl2N6O. The van der Waals surface area contributed by atoms with Crippen LogP contribution in [0.4, 0.5) is 5.82 Å². The molecule has 3 aromatic rings. The Morgan fingerprint density at radius 3 is 2.75 bits per heavy atom. The summed E-state index contributed by atoms with van der Waals surface area (Å²) in [6, 6.07) is 5.41. The first-order valence-electron chi connectivity index (χ1n) is 9.30. The molecule has 28 heavy (non-hydrogen) atoms. The van der Waals surface area contributed by atoms with E-state index in [9.17, 15) is 0 Å². The summed E-state index contributed by atoms with van der Waals surface area (Å²) in [5, 5.41) is 4.45. The first-order chi connectivity index (χ1) is 13.6. The van der Waals surface area contributed by atoms with Gasteiger partial charge in [0.1, 0.15) is 23.7 Å². The first kappa shape index (κ1) is 19.2. The summed E-state index contributed by atoms with van der Waals surface area (Å²) in [5.41, 5.74) is 1.64. The van der Waals surface area contributed by atoms with Crippen LogP contribution in [0, 0.1) is 0 Å². The lowest BCUT2D eigenvalue weighted by molar-refractivity contribution is 0.103. The van der Waals surface area contributed by atoms with E-state index in [4.69, 9.17) is 27.9 Å². The predicted octanol–water partition coefficient (Wildman–Crippen LogP) is 3.63. The number of aryl methyl sites for hydroxylation is 1. The van der Waals surface area contributed by atoms with E-state index in [0.29, 0.717) is 10.0 Å². The molecule has 0 spiro atoms. The standard InChI is InChI=1S/C19H22Cl2N6O/c1-26-12-25-17-18(23-11-24-19(17)26)22-6-9-27-7-4-13(5-8-27)28-14-2-3-15(20)16(21)10-14/h2-3,10-13H,4-9H2,1H3,(H,22,23,24). The van der Waals surface area contributed by atoms with Crippen LogP contribution in [0.3, 0.4) is 0 Å². The number of anilines is 1. The smallest absolute Gasteiger partial charge is 0.165 e. The number of rotatable bonds is 6. The van der Waals surface area contributed by atoms with Crippen molar-refractivity contribution in [3.63, 3.8) is 0 Å². The highest BCUT2D eigenvalue weighted by Gasteiger charge is 2.20. The fourth-order valence-electron chi connectivity index (χ4n) is 3.40. The van der Waals surface area contributed by atoms with Gasteiger partial charge in [-0.15, -0.1) is 0 Å². The summed E-state index contributed by atoms with van der Waals surface area (Å²) < 4.78 is 7.94. The summed E-state index contributed by atoms with van der Waals surface area (Å²) in [4.78, 5) is 15.4. The highest BCUT2D eigenvalue weighted by molar-refractivity contribution is 6.42. The number of nitrogens with zero attached hydrogens (tertiary/aromatic N) is 5. The van der Waals surface area contributed by atoms with Crippen LogP contribution in [0.1, 0.15) is 12.8 Å². The molecule has 3 heterocycles. The van der Waals surface area contributed by atoms with Gasteiger partial charge in [0.25, 0.3) is 0 Å². The number of piperidine rings is 1. The van der Waals surface area contributed by atoms with Crippen LogP contribution < -0.4 is 10.1 Å². The Morgan fingerprint density at radius 1 is 1.14 bits per heavy atom. The third kappa shape index (κ3) is 4.32. The van der Waals surface area contributed by atoms with Gasteiger partial charge in [-0.2, -0.15) is 0 Å². The van der Waals surface area contributed by atoms with Crippen molar-refractivity contribution in [1.82, 2.24) is 24.4 Å². The maximum Gasteiger partial charge on any atom is 0.165 e. The number of halogens is 2. The minimum atomic E-state index is 0.205. The molecule has 0 bridgehead atoms. The highest BCUT2D eigenvalue weighted by Crippen LogP contribution is 2.28. The number of fused-ring (bicyclic) bond motifs is 1. The van der Waals surface area contributed by atoms with Crippen molar-refractivity contribution in [2.24, 2.45) is 7.05 Å². The number of likely N-dealkylation sites (tertiary alicyclic amines) is 1. The predicted molar refractivity (Wildman–Crippen MR) is 111 cm³/mol. The zero-order valence-electron chi connectivity index (χ0n) is 15.6. The number of ether oxygens (including phenoxy) is 1. The third-order valence-electron chi connectivity index (χ3n) is 4.95. The summed E-state index contributed by atoms with van der Waals surface area (Å²) >= 11 is 12.0. The van der Waals surface area contributed by atoms with Crippen LogP contribution >= 0.6 is 23.2 Å². The molecule has 0 radical (unpaired) electrons. The monoisotopic (exact) mass is 420 g/mol. The van der Waals surface area contributed by atoms with Gasteiger partial charge in [0.15, 0.2) is 11.5 Å². The average Bonchev–Trinajstić information content (AvgIpc) is 3.08. The Bertz CT molecular complexity index is 955. The van der Waals surface area contributed by atoms with Gasteiger partial charge < -0.3 is 19.5 Å². The molecule has 1 N–H and O–H groups in total. The topological polar surface area (TPSA) is 68.1 Å². The van der Waals surface area contributed by atoms with Gasteiger partial charge >= 0.3 is 0 Å². The van der Waals surface area contributed by atoms with Crippen molar-refractivity contribution in [3.05, 3.63) is 40.9 Å². The molecule has 7 nitrogen and oxygen atoms in total. The Kier molecular flexibility index (Phi) is 5.85. The minimum Gasteiger partial charge on any atom is -0.490 e. The summed E-state index contributed by atoms with van der Waals surface area (Å²) in [6.45, 7) is 3.74. The van der Waals surface area contributed by atoms with E-state index in [1.807, 2.05) is 17.7 Å². The van der Waals surface area contributed by atoms with E-state index in [1.165, 1.54) is 0 Å². The lowest BCUT2D eigenvalue weighted by atomic mass is 10.1. The van der Waals surface area contributed by atoms with E-state index >= 15 is 0 Å². The largest absolute Gasteiger partial charge is 0.490 e. The Labute approximate surface area is 173 Å². The number of nitrogens with one attached hydrogen (secondary N) is 1. The first-order valence-corrected chi connectivity index (χ1v) is 10.1. The van der Waals surface area contributed by atoms with Crippen LogP contribution in [0.25, 0.3) is 11.2 Å². The fraction of sp³-hybridized carbons (Fsp3) is 0.421.